The Labute approximate surface area is 318 Å². The summed E-state index contributed by atoms with van der Waals surface area (Å²) in [6, 6.07) is 0.858. The molecule has 0 spiro atoms. The van der Waals surface area contributed by atoms with Gasteiger partial charge in [0.1, 0.15) is 17.5 Å². The molecular weight excluding hydrogens is 674 g/mol. The molecule has 0 aliphatic heterocycles. The number of ether oxygens (including phenoxy) is 1. The van der Waals surface area contributed by atoms with Gasteiger partial charge < -0.3 is 31.3 Å². The zero-order chi connectivity index (χ0) is 39.7. The highest BCUT2D eigenvalue weighted by atomic mass is 16.6. The summed E-state index contributed by atoms with van der Waals surface area (Å²) in [7, 11) is 0. The number of carboxylic acids is 2. The van der Waals surface area contributed by atoms with Crippen molar-refractivity contribution in [2.75, 3.05) is 0 Å². The maximum Gasteiger partial charge on any atom is 0.338 e. The third kappa shape index (κ3) is 21.0. The first-order chi connectivity index (χ1) is 25.1. The lowest BCUT2D eigenvalue weighted by Gasteiger charge is -2.30. The van der Waals surface area contributed by atoms with Crippen LogP contribution in [0.2, 0.25) is 0 Å². The topological polar surface area (TPSA) is 194 Å². The van der Waals surface area contributed by atoms with Crippen molar-refractivity contribution in [2.45, 2.75) is 185 Å². The SMILES string of the molecule is C1CCC(NC2CCCCC2)CC1.C=CCCCCC[C@H](NC(=O)c1cnc(C)nc1)C(=O)O.C=CCCCCC[C@](N)(C(=O)O)C(=O)OC(C)(C)C. The smallest absolute Gasteiger partial charge is 0.338 e. The molecule has 0 aromatic carbocycles. The second-order valence-electron chi connectivity index (χ2n) is 15.3. The lowest BCUT2D eigenvalue weighted by molar-refractivity contribution is -0.169. The number of hydrogen-bond acceptors (Lipinski definition) is 9. The predicted molar refractivity (Wildman–Crippen MR) is 210 cm³/mol. The van der Waals surface area contributed by atoms with E-state index in [1.54, 1.807) is 33.8 Å². The van der Waals surface area contributed by atoms with Crippen molar-refractivity contribution in [2.24, 2.45) is 5.73 Å². The Hall–Kier alpha value is -3.64. The van der Waals surface area contributed by atoms with E-state index in [9.17, 15) is 19.2 Å². The monoisotopic (exact) mass is 744 g/mol. The zero-order valence-electron chi connectivity index (χ0n) is 33.0. The van der Waals surface area contributed by atoms with Gasteiger partial charge in [-0.25, -0.2) is 24.4 Å². The molecule has 300 valence electrons. The molecular formula is C41H69N5O7. The van der Waals surface area contributed by atoms with Crippen molar-refractivity contribution in [1.29, 1.82) is 0 Å². The van der Waals surface area contributed by atoms with Crippen LogP contribution >= 0.6 is 0 Å². The number of hydrogen-bond donors (Lipinski definition) is 5. The maximum atomic E-state index is 11.9. The number of nitrogens with one attached hydrogen (secondary N) is 2. The third-order valence-electron chi connectivity index (χ3n) is 9.35. The van der Waals surface area contributed by atoms with Gasteiger partial charge in [-0.3, -0.25) is 4.79 Å². The van der Waals surface area contributed by atoms with Gasteiger partial charge in [0.05, 0.1) is 5.56 Å². The first-order valence-electron chi connectivity index (χ1n) is 19.7. The van der Waals surface area contributed by atoms with Crippen molar-refractivity contribution in [1.82, 2.24) is 20.6 Å². The normalized spacial score (nSPS) is 16.6. The van der Waals surface area contributed by atoms with Crippen LogP contribution in [0.3, 0.4) is 0 Å². The van der Waals surface area contributed by atoms with E-state index in [0.717, 1.165) is 57.0 Å². The van der Waals surface area contributed by atoms with Gasteiger partial charge in [0.2, 0.25) is 5.54 Å². The summed E-state index contributed by atoms with van der Waals surface area (Å²) in [5.74, 6) is -3.15. The minimum Gasteiger partial charge on any atom is -0.480 e. The molecule has 53 heavy (non-hydrogen) atoms. The van der Waals surface area contributed by atoms with Crippen molar-refractivity contribution >= 4 is 23.8 Å². The molecule has 3 rings (SSSR count). The van der Waals surface area contributed by atoms with Gasteiger partial charge in [-0.2, -0.15) is 0 Å². The Bertz CT molecular complexity index is 1220. The molecule has 0 bridgehead atoms. The Morgan fingerprint density at radius 1 is 0.849 bits per heavy atom. The minimum absolute atomic E-state index is 0.0778. The van der Waals surface area contributed by atoms with E-state index in [2.05, 4.69) is 33.8 Å². The lowest BCUT2D eigenvalue weighted by atomic mass is 9.91. The summed E-state index contributed by atoms with van der Waals surface area (Å²) in [4.78, 5) is 54.1. The summed E-state index contributed by atoms with van der Waals surface area (Å²) in [5.41, 5.74) is 3.27. The molecule has 2 fully saturated rings. The van der Waals surface area contributed by atoms with Crippen molar-refractivity contribution in [3.63, 3.8) is 0 Å². The fourth-order valence-electron chi connectivity index (χ4n) is 6.23. The molecule has 0 saturated heterocycles. The van der Waals surface area contributed by atoms with Gasteiger partial charge in [-0.15, -0.1) is 13.2 Å². The minimum atomic E-state index is -1.96. The van der Waals surface area contributed by atoms with Crippen molar-refractivity contribution in [3.8, 4) is 0 Å². The number of carboxylic acid groups (broad SMARTS) is 2. The van der Waals surface area contributed by atoms with Gasteiger partial charge in [-0.05, 0) is 91.9 Å². The predicted octanol–water partition coefficient (Wildman–Crippen LogP) is 7.59. The molecule has 6 N–H and O–H groups in total. The summed E-state index contributed by atoms with van der Waals surface area (Å²) >= 11 is 0. The van der Waals surface area contributed by atoms with Crippen molar-refractivity contribution in [3.05, 3.63) is 49.1 Å². The average molecular weight is 744 g/mol. The van der Waals surface area contributed by atoms with Crippen LogP contribution in [0, 0.1) is 6.92 Å². The van der Waals surface area contributed by atoms with Gasteiger partial charge in [-0.1, -0.05) is 76.4 Å². The second kappa shape index (κ2) is 26.2. The number of carbonyl (C=O) groups excluding carboxylic acids is 2. The zero-order valence-corrected chi connectivity index (χ0v) is 33.0. The number of carbonyl (C=O) groups is 4. The van der Waals surface area contributed by atoms with Crippen LogP contribution in [0.5, 0.6) is 0 Å². The number of nitrogens with two attached hydrogens (primary N) is 1. The van der Waals surface area contributed by atoms with E-state index in [1.165, 1.54) is 76.6 Å². The average Bonchev–Trinajstić information content (AvgIpc) is 3.11. The van der Waals surface area contributed by atoms with Crippen LogP contribution in [0.4, 0.5) is 0 Å². The van der Waals surface area contributed by atoms with Gasteiger partial charge in [0, 0.05) is 24.5 Å². The molecule has 2 saturated carbocycles. The highest BCUT2D eigenvalue weighted by Crippen LogP contribution is 2.23. The van der Waals surface area contributed by atoms with Crippen molar-refractivity contribution < 1.29 is 34.1 Å². The number of aliphatic carboxylic acids is 2. The van der Waals surface area contributed by atoms with E-state index in [0.29, 0.717) is 18.7 Å². The number of rotatable bonds is 19. The Balaban J connectivity index is 0.000000407. The lowest BCUT2D eigenvalue weighted by Crippen LogP contribution is -2.57. The number of esters is 1. The molecule has 1 aromatic rings. The summed E-state index contributed by atoms with van der Waals surface area (Å²) in [6.45, 7) is 14.0. The summed E-state index contributed by atoms with van der Waals surface area (Å²) < 4.78 is 5.08. The molecule has 1 heterocycles. The van der Waals surface area contributed by atoms with Gasteiger partial charge in [0.25, 0.3) is 5.91 Å². The van der Waals surface area contributed by atoms with Gasteiger partial charge in [0.15, 0.2) is 0 Å². The fourth-order valence-corrected chi connectivity index (χ4v) is 6.23. The molecule has 1 amide bonds. The van der Waals surface area contributed by atoms with Crippen LogP contribution in [0.15, 0.2) is 37.7 Å². The fraction of sp³-hybridized carbons (Fsp3) is 0.707. The molecule has 1 aromatic heterocycles. The number of unbranched alkanes of at least 4 members (excludes halogenated alkanes) is 6. The van der Waals surface area contributed by atoms with E-state index in [1.807, 2.05) is 6.08 Å². The number of amides is 1. The largest absolute Gasteiger partial charge is 0.480 e. The highest BCUT2D eigenvalue weighted by molar-refractivity contribution is 6.03. The molecule has 2 aliphatic rings. The van der Waals surface area contributed by atoms with Gasteiger partial charge >= 0.3 is 17.9 Å². The van der Waals surface area contributed by atoms with Crippen LogP contribution in [-0.4, -0.2) is 73.3 Å². The van der Waals surface area contributed by atoms with E-state index < -0.39 is 41.0 Å². The standard InChI is InChI=1S/C15H21N3O3.C14H25NO4.C12H23N/c1-3-4-5-6-7-8-13(15(20)21)18-14(19)12-9-16-11(2)17-10-12;1-5-6-7-8-9-10-14(15,11(16)17)12(18)19-13(2,3)4;1-3-7-11(8-4-1)13-12-9-5-2-6-10-12/h3,9-10,13H,1,4-8H2,2H3,(H,18,19)(H,20,21);5H,1,6-10,15H2,2-4H3,(H,16,17);11-13H,1-10H2/t13-;14-;/m00./s1. The molecule has 2 atom stereocenters. The Morgan fingerprint density at radius 2 is 1.34 bits per heavy atom. The Morgan fingerprint density at radius 3 is 1.77 bits per heavy atom. The number of nitrogens with zero attached hydrogens (tertiary/aromatic N) is 2. The molecule has 2 aliphatic carbocycles. The molecule has 0 unspecified atom stereocenters. The highest BCUT2D eigenvalue weighted by Gasteiger charge is 2.44. The third-order valence-corrected chi connectivity index (χ3v) is 9.35. The maximum absolute atomic E-state index is 11.9. The van der Waals surface area contributed by atoms with Crippen LogP contribution in [0.1, 0.15) is 165 Å². The van der Waals surface area contributed by atoms with E-state index in [-0.39, 0.29) is 12.0 Å². The van der Waals surface area contributed by atoms with E-state index >= 15 is 0 Å². The quantitative estimate of drug-likeness (QED) is 0.0406. The summed E-state index contributed by atoms with van der Waals surface area (Å²) in [6.07, 6.45) is 28.2. The number of allylic oxidation sites excluding steroid dienone is 2. The molecule has 0 radical (unpaired) electrons. The van der Waals surface area contributed by atoms with E-state index in [4.69, 9.17) is 20.7 Å². The number of aryl methyl sites for hydroxylation is 1. The first kappa shape index (κ1) is 47.4. The number of aromatic nitrogens is 2. The molecule has 12 nitrogen and oxygen atoms in total. The first-order valence-corrected chi connectivity index (χ1v) is 19.7. The second-order valence-corrected chi connectivity index (χ2v) is 15.3. The van der Waals surface area contributed by atoms with Crippen LogP contribution in [-0.2, 0) is 19.1 Å². The van der Waals surface area contributed by atoms with Crippen LogP contribution in [0.25, 0.3) is 0 Å². The molecule has 12 heteroatoms. The van der Waals surface area contributed by atoms with Crippen LogP contribution < -0.4 is 16.4 Å². The Kier molecular flexibility index (Phi) is 23.4. The summed E-state index contributed by atoms with van der Waals surface area (Å²) in [5, 5.41) is 24.7.